The van der Waals surface area contributed by atoms with Gasteiger partial charge in [-0.05, 0) is 30.7 Å². The Labute approximate surface area is 181 Å². The van der Waals surface area contributed by atoms with Gasteiger partial charge in [-0.1, -0.05) is 13.0 Å². The number of aliphatic hydroxyl groups is 1. The van der Waals surface area contributed by atoms with Gasteiger partial charge >= 0.3 is 11.9 Å². The molecule has 2 aromatic heterocycles. The number of nitrogens with zero attached hydrogens (tertiary/aromatic N) is 2. The smallest absolute Gasteiger partial charge is 0.343 e. The van der Waals surface area contributed by atoms with E-state index in [0.29, 0.717) is 27.9 Å². The van der Waals surface area contributed by atoms with E-state index in [1.807, 2.05) is 0 Å². The summed E-state index contributed by atoms with van der Waals surface area (Å²) in [5.74, 6) is -1.30. The van der Waals surface area contributed by atoms with E-state index in [-0.39, 0.29) is 36.3 Å². The molecule has 1 aromatic carbocycles. The number of hydrogen-bond acceptors (Lipinski definition) is 8. The second-order valence-corrected chi connectivity index (χ2v) is 7.95. The van der Waals surface area contributed by atoms with Crippen LogP contribution in [0.3, 0.4) is 0 Å². The maximum atomic E-state index is 13.6. The van der Waals surface area contributed by atoms with Gasteiger partial charge in [-0.25, -0.2) is 9.78 Å². The van der Waals surface area contributed by atoms with Crippen LogP contribution < -0.4 is 5.56 Å². The van der Waals surface area contributed by atoms with Gasteiger partial charge in [0.15, 0.2) is 5.60 Å². The number of aromatic hydroxyl groups is 1. The van der Waals surface area contributed by atoms with Gasteiger partial charge in [0.05, 0.1) is 42.0 Å². The van der Waals surface area contributed by atoms with Crippen molar-refractivity contribution in [1.29, 1.82) is 0 Å². The highest BCUT2D eigenvalue weighted by atomic mass is 16.6. The maximum absolute atomic E-state index is 13.6. The first-order chi connectivity index (χ1) is 15.3. The number of pyridine rings is 2. The Morgan fingerprint density at radius 1 is 1.34 bits per heavy atom. The number of hydrogen-bond donors (Lipinski definition) is 2. The summed E-state index contributed by atoms with van der Waals surface area (Å²) in [6.45, 7) is 1.36. The molecule has 164 valence electrons. The normalized spacial score (nSPS) is 21.0. The number of fused-ring (bicyclic) bond motifs is 5. The molecule has 4 heterocycles. The van der Waals surface area contributed by atoms with E-state index < -0.39 is 29.1 Å². The fourth-order valence-electron chi connectivity index (χ4n) is 4.60. The average molecular weight is 436 g/mol. The van der Waals surface area contributed by atoms with E-state index in [9.17, 15) is 24.6 Å². The second-order valence-electron chi connectivity index (χ2n) is 7.95. The lowest BCUT2D eigenvalue weighted by molar-refractivity contribution is -0.172. The maximum Gasteiger partial charge on any atom is 0.343 e. The van der Waals surface area contributed by atoms with Crippen molar-refractivity contribution < 1.29 is 29.3 Å². The van der Waals surface area contributed by atoms with Crippen LogP contribution in [0.4, 0.5) is 0 Å². The minimum Gasteiger partial charge on any atom is -0.507 e. The van der Waals surface area contributed by atoms with E-state index in [4.69, 9.17) is 9.47 Å². The topological polar surface area (TPSA) is 128 Å². The molecule has 32 heavy (non-hydrogen) atoms. The Morgan fingerprint density at radius 2 is 2.12 bits per heavy atom. The third-order valence-corrected chi connectivity index (χ3v) is 6.35. The van der Waals surface area contributed by atoms with Crippen LogP contribution in [0.25, 0.3) is 22.3 Å². The van der Waals surface area contributed by atoms with Crippen molar-refractivity contribution in [3.8, 4) is 17.1 Å². The number of aromatic nitrogens is 2. The molecule has 2 atom stereocenters. The van der Waals surface area contributed by atoms with Crippen LogP contribution in [0.2, 0.25) is 0 Å². The largest absolute Gasteiger partial charge is 0.507 e. The molecule has 0 amide bonds. The van der Waals surface area contributed by atoms with Crippen molar-refractivity contribution in [3.63, 3.8) is 0 Å². The van der Waals surface area contributed by atoms with Crippen molar-refractivity contribution in [3.05, 3.63) is 57.4 Å². The summed E-state index contributed by atoms with van der Waals surface area (Å²) < 4.78 is 11.4. The number of esters is 2. The summed E-state index contributed by atoms with van der Waals surface area (Å²) in [4.78, 5) is 42.7. The third-order valence-electron chi connectivity index (χ3n) is 6.35. The lowest BCUT2D eigenvalue weighted by Gasteiger charge is -2.32. The molecule has 9 heteroatoms. The van der Waals surface area contributed by atoms with E-state index in [1.165, 1.54) is 17.7 Å². The van der Waals surface area contributed by atoms with Gasteiger partial charge in [0.25, 0.3) is 5.56 Å². The highest BCUT2D eigenvalue weighted by molar-refractivity contribution is 5.90. The zero-order valence-corrected chi connectivity index (χ0v) is 17.4. The number of rotatable bonds is 3. The van der Waals surface area contributed by atoms with Gasteiger partial charge in [-0.3, -0.25) is 14.2 Å². The predicted octanol–water partition coefficient (Wildman–Crippen LogP) is 1.89. The molecule has 5 rings (SSSR count). The molecule has 2 aliphatic rings. The van der Waals surface area contributed by atoms with Gasteiger partial charge in [0.1, 0.15) is 12.4 Å². The van der Waals surface area contributed by atoms with Crippen LogP contribution >= 0.6 is 0 Å². The number of benzene rings is 1. The van der Waals surface area contributed by atoms with E-state index in [1.54, 1.807) is 31.2 Å². The highest BCUT2D eigenvalue weighted by Gasteiger charge is 2.46. The summed E-state index contributed by atoms with van der Waals surface area (Å²) >= 11 is 0. The zero-order valence-electron chi connectivity index (χ0n) is 17.4. The first-order valence-corrected chi connectivity index (χ1v) is 10.2. The Hall–Kier alpha value is -3.72. The highest BCUT2D eigenvalue weighted by Crippen LogP contribution is 2.44. The average Bonchev–Trinajstić information content (AvgIpc) is 3.08. The minimum atomic E-state index is -1.95. The summed E-state index contributed by atoms with van der Waals surface area (Å²) in [7, 11) is 1.26. The fourth-order valence-corrected chi connectivity index (χ4v) is 4.60. The first-order valence-electron chi connectivity index (χ1n) is 10.2. The number of ether oxygens (including phenoxy) is 2. The molecular weight excluding hydrogens is 416 g/mol. The predicted molar refractivity (Wildman–Crippen MR) is 112 cm³/mol. The van der Waals surface area contributed by atoms with Gasteiger partial charge in [0, 0.05) is 16.5 Å². The number of carbonyl (C=O) groups excluding carboxylic acids is 2. The summed E-state index contributed by atoms with van der Waals surface area (Å²) in [5.41, 5.74) is -0.183. The molecule has 3 aromatic rings. The van der Waals surface area contributed by atoms with Crippen LogP contribution in [0.5, 0.6) is 5.75 Å². The van der Waals surface area contributed by atoms with Gasteiger partial charge in [-0.2, -0.15) is 0 Å². The van der Waals surface area contributed by atoms with Crippen molar-refractivity contribution in [1.82, 2.24) is 9.55 Å². The molecule has 0 aliphatic carbocycles. The van der Waals surface area contributed by atoms with Gasteiger partial charge in [0.2, 0.25) is 0 Å². The molecular formula is C23H20N2O7. The summed E-state index contributed by atoms with van der Waals surface area (Å²) in [5, 5.41) is 21.8. The van der Waals surface area contributed by atoms with Gasteiger partial charge < -0.3 is 19.7 Å². The molecule has 1 unspecified atom stereocenters. The standard InChI is InChI=1S/C23H20N2O7/c1-3-23(30)14-8-17-20-12(7-11-15(24-20)5-4-6-18(11)26)16(9-19(27)31-2)25(17)21(28)13(14)10-32-22(23)29/h4-8,16,26,30H,3,9-10H2,1-2H3/t16?,23-/m0/s1. The van der Waals surface area contributed by atoms with Crippen LogP contribution in [0.1, 0.15) is 42.5 Å². The van der Waals surface area contributed by atoms with E-state index in [0.717, 1.165) is 0 Å². The van der Waals surface area contributed by atoms with Crippen molar-refractivity contribution in [2.75, 3.05) is 7.11 Å². The third kappa shape index (κ3) is 2.61. The van der Waals surface area contributed by atoms with Gasteiger partial charge in [-0.15, -0.1) is 0 Å². The van der Waals surface area contributed by atoms with E-state index >= 15 is 0 Å². The van der Waals surface area contributed by atoms with E-state index in [2.05, 4.69) is 4.98 Å². The molecule has 0 bridgehead atoms. The van der Waals surface area contributed by atoms with Crippen LogP contribution in [-0.2, 0) is 31.3 Å². The Morgan fingerprint density at radius 3 is 2.84 bits per heavy atom. The van der Waals surface area contributed by atoms with Crippen molar-refractivity contribution in [2.24, 2.45) is 0 Å². The molecule has 0 spiro atoms. The van der Waals surface area contributed by atoms with Crippen LogP contribution in [0, 0.1) is 0 Å². The van der Waals surface area contributed by atoms with Crippen LogP contribution in [-0.4, -0.2) is 38.8 Å². The number of carbonyl (C=O) groups is 2. The molecule has 0 radical (unpaired) electrons. The minimum absolute atomic E-state index is 0.0246. The summed E-state index contributed by atoms with van der Waals surface area (Å²) in [6, 6.07) is 7.48. The molecule has 0 fully saturated rings. The Kier molecular flexibility index (Phi) is 4.35. The Bertz CT molecular complexity index is 1380. The SMILES string of the molecule is CC[C@@]1(O)C(=O)OCc2c1cc1n(c2=O)C(CC(=O)OC)c2cc3c(O)cccc3nc2-1. The first kappa shape index (κ1) is 20.2. The van der Waals surface area contributed by atoms with Crippen LogP contribution in [0.15, 0.2) is 35.1 Å². The number of phenols is 1. The second kappa shape index (κ2) is 6.89. The molecule has 0 saturated heterocycles. The zero-order chi connectivity index (χ0) is 22.8. The molecule has 2 N–H and O–H groups in total. The van der Waals surface area contributed by atoms with Crippen molar-refractivity contribution >= 4 is 22.8 Å². The lowest BCUT2D eigenvalue weighted by atomic mass is 9.86. The molecule has 9 nitrogen and oxygen atoms in total. The number of phenolic OH excluding ortho intramolecular Hbond substituents is 1. The number of methoxy groups -OCH3 is 1. The molecule has 2 aliphatic heterocycles. The fraction of sp³-hybridized carbons (Fsp3) is 0.304. The summed E-state index contributed by atoms with van der Waals surface area (Å²) in [6.07, 6.45) is -0.104. The van der Waals surface area contributed by atoms with Crippen molar-refractivity contribution in [2.45, 2.75) is 38.0 Å². The monoisotopic (exact) mass is 436 g/mol. The number of cyclic esters (lactones) is 1. The lowest BCUT2D eigenvalue weighted by Crippen LogP contribution is -2.44. The quantitative estimate of drug-likeness (QED) is 0.596. The molecule has 0 saturated carbocycles. The Balaban J connectivity index is 1.85.